The van der Waals surface area contributed by atoms with Crippen LogP contribution in [0.25, 0.3) is 0 Å². The zero-order chi connectivity index (χ0) is 11.7. The number of halogens is 1. The lowest BCUT2D eigenvalue weighted by atomic mass is 10.3. The average Bonchev–Trinajstić information content (AvgIpc) is 2.91. The number of rotatable bonds is 4. The minimum absolute atomic E-state index is 0.133. The van der Waals surface area contributed by atoms with Crippen molar-refractivity contribution in [1.82, 2.24) is 9.97 Å². The van der Waals surface area contributed by atoms with Crippen LogP contribution in [0.3, 0.4) is 0 Å². The highest BCUT2D eigenvalue weighted by Gasteiger charge is 2.33. The monoisotopic (exact) mass is 242 g/mol. The highest BCUT2D eigenvalue weighted by Crippen LogP contribution is 2.38. The van der Waals surface area contributed by atoms with Crippen molar-refractivity contribution in [2.75, 3.05) is 11.9 Å². The Kier molecular flexibility index (Phi) is 2.91. The summed E-state index contributed by atoms with van der Waals surface area (Å²) in [7, 11) is 0. The third kappa shape index (κ3) is 2.21. The fourth-order valence-corrected chi connectivity index (χ4v) is 1.76. The smallest absolute Gasteiger partial charge is 0.348 e. The minimum Gasteiger partial charge on any atom is -0.364 e. The van der Waals surface area contributed by atoms with Gasteiger partial charge in [0.05, 0.1) is 4.92 Å². The zero-order valence-corrected chi connectivity index (χ0v) is 9.44. The fourth-order valence-electron chi connectivity index (χ4n) is 1.56. The van der Waals surface area contributed by atoms with E-state index in [1.165, 1.54) is 6.33 Å². The first-order chi connectivity index (χ1) is 7.59. The van der Waals surface area contributed by atoms with Crippen LogP contribution in [0.1, 0.15) is 13.3 Å². The summed E-state index contributed by atoms with van der Waals surface area (Å²) in [5, 5.41) is 13.6. The Bertz CT molecular complexity index is 426. The first kappa shape index (κ1) is 11.1. The van der Waals surface area contributed by atoms with Crippen molar-refractivity contribution in [3.63, 3.8) is 0 Å². The number of nitrogens with zero attached hydrogens (tertiary/aromatic N) is 3. The summed E-state index contributed by atoms with van der Waals surface area (Å²) in [6.07, 6.45) is 2.37. The van der Waals surface area contributed by atoms with Gasteiger partial charge in [-0.05, 0) is 18.3 Å². The molecule has 0 saturated heterocycles. The number of aromatic nitrogens is 2. The van der Waals surface area contributed by atoms with Crippen molar-refractivity contribution >= 4 is 23.1 Å². The van der Waals surface area contributed by atoms with E-state index in [1.54, 1.807) is 0 Å². The molecule has 0 aliphatic heterocycles. The molecule has 1 saturated carbocycles. The molecular formula is C9H11ClN4O2. The van der Waals surface area contributed by atoms with Gasteiger partial charge >= 0.3 is 5.69 Å². The van der Waals surface area contributed by atoms with E-state index >= 15 is 0 Å². The van der Waals surface area contributed by atoms with E-state index in [0.717, 1.165) is 6.42 Å². The third-order valence-corrected chi connectivity index (χ3v) is 3.04. The molecule has 1 aromatic heterocycles. The van der Waals surface area contributed by atoms with Crippen LogP contribution in [0.5, 0.6) is 0 Å². The molecular weight excluding hydrogens is 232 g/mol. The molecule has 6 nitrogen and oxygen atoms in total. The SMILES string of the molecule is CC1CC1CNc1ncnc(Cl)c1[N+](=O)[O-]. The topological polar surface area (TPSA) is 81.0 Å². The Morgan fingerprint density at radius 1 is 1.69 bits per heavy atom. The van der Waals surface area contributed by atoms with Gasteiger partial charge in [0, 0.05) is 6.54 Å². The van der Waals surface area contributed by atoms with Crippen molar-refractivity contribution in [3.8, 4) is 0 Å². The first-order valence-corrected chi connectivity index (χ1v) is 5.36. The van der Waals surface area contributed by atoms with Gasteiger partial charge in [-0.1, -0.05) is 18.5 Å². The first-order valence-electron chi connectivity index (χ1n) is 4.98. The quantitative estimate of drug-likeness (QED) is 0.497. The molecule has 0 spiro atoms. The lowest BCUT2D eigenvalue weighted by Gasteiger charge is -2.05. The number of hydrogen-bond donors (Lipinski definition) is 1. The lowest BCUT2D eigenvalue weighted by molar-refractivity contribution is -0.384. The molecule has 1 N–H and O–H groups in total. The molecule has 2 atom stereocenters. The van der Waals surface area contributed by atoms with Crippen LogP contribution in [-0.4, -0.2) is 21.4 Å². The Morgan fingerprint density at radius 3 is 2.94 bits per heavy atom. The molecule has 86 valence electrons. The zero-order valence-electron chi connectivity index (χ0n) is 8.68. The van der Waals surface area contributed by atoms with E-state index in [-0.39, 0.29) is 16.7 Å². The summed E-state index contributed by atoms with van der Waals surface area (Å²) in [5.74, 6) is 1.46. The Hall–Kier alpha value is -1.43. The van der Waals surface area contributed by atoms with Crippen LogP contribution in [0, 0.1) is 22.0 Å². The second kappa shape index (κ2) is 4.21. The summed E-state index contributed by atoms with van der Waals surface area (Å²) in [6.45, 7) is 2.84. The highest BCUT2D eigenvalue weighted by atomic mass is 35.5. The van der Waals surface area contributed by atoms with E-state index in [4.69, 9.17) is 11.6 Å². The second-order valence-corrected chi connectivity index (χ2v) is 4.33. The van der Waals surface area contributed by atoms with Crippen LogP contribution in [0.15, 0.2) is 6.33 Å². The molecule has 7 heteroatoms. The van der Waals surface area contributed by atoms with E-state index < -0.39 is 4.92 Å². The van der Waals surface area contributed by atoms with Crippen LogP contribution in [-0.2, 0) is 0 Å². The Morgan fingerprint density at radius 2 is 2.38 bits per heavy atom. The maximum absolute atomic E-state index is 10.8. The number of anilines is 1. The van der Waals surface area contributed by atoms with Crippen molar-refractivity contribution in [1.29, 1.82) is 0 Å². The van der Waals surface area contributed by atoms with Crippen LogP contribution in [0.2, 0.25) is 5.15 Å². The van der Waals surface area contributed by atoms with Crippen molar-refractivity contribution < 1.29 is 4.92 Å². The number of hydrogen-bond acceptors (Lipinski definition) is 5. The molecule has 0 amide bonds. The van der Waals surface area contributed by atoms with Crippen LogP contribution < -0.4 is 5.32 Å². The van der Waals surface area contributed by atoms with Gasteiger partial charge in [-0.3, -0.25) is 10.1 Å². The van der Waals surface area contributed by atoms with Gasteiger partial charge in [0.1, 0.15) is 6.33 Å². The van der Waals surface area contributed by atoms with E-state index in [0.29, 0.717) is 18.4 Å². The molecule has 0 aromatic carbocycles. The van der Waals surface area contributed by atoms with Gasteiger partial charge in [0.2, 0.25) is 11.0 Å². The minimum atomic E-state index is -0.568. The van der Waals surface area contributed by atoms with E-state index in [1.807, 2.05) is 0 Å². The Balaban J connectivity index is 2.12. The lowest BCUT2D eigenvalue weighted by Crippen LogP contribution is -2.09. The van der Waals surface area contributed by atoms with Crippen LogP contribution >= 0.6 is 11.6 Å². The van der Waals surface area contributed by atoms with Gasteiger partial charge in [0.25, 0.3) is 0 Å². The predicted molar refractivity (Wildman–Crippen MR) is 59.5 cm³/mol. The third-order valence-electron chi connectivity index (χ3n) is 2.77. The van der Waals surface area contributed by atoms with Gasteiger partial charge in [0.15, 0.2) is 0 Å². The molecule has 1 heterocycles. The predicted octanol–water partition coefficient (Wildman–Crippen LogP) is 2.11. The molecule has 1 aliphatic carbocycles. The standard InChI is InChI=1S/C9H11ClN4O2/c1-5-2-6(5)3-11-9-7(14(15)16)8(10)12-4-13-9/h4-6H,2-3H2,1H3,(H,11,12,13). The molecule has 2 rings (SSSR count). The molecule has 0 bridgehead atoms. The largest absolute Gasteiger partial charge is 0.364 e. The maximum Gasteiger partial charge on any atom is 0.348 e. The molecule has 1 aliphatic rings. The van der Waals surface area contributed by atoms with Gasteiger partial charge in [-0.2, -0.15) is 0 Å². The summed E-state index contributed by atoms with van der Waals surface area (Å²) < 4.78 is 0. The van der Waals surface area contributed by atoms with E-state index in [2.05, 4.69) is 22.2 Å². The normalized spacial score (nSPS) is 22.9. The maximum atomic E-state index is 10.8. The fraction of sp³-hybridized carbons (Fsp3) is 0.556. The molecule has 16 heavy (non-hydrogen) atoms. The van der Waals surface area contributed by atoms with E-state index in [9.17, 15) is 10.1 Å². The van der Waals surface area contributed by atoms with Crippen molar-refractivity contribution in [3.05, 3.63) is 21.6 Å². The molecule has 1 aromatic rings. The summed E-state index contributed by atoms with van der Waals surface area (Å²) in [5.41, 5.74) is -0.252. The van der Waals surface area contributed by atoms with Crippen LogP contribution in [0.4, 0.5) is 11.5 Å². The van der Waals surface area contributed by atoms with Crippen molar-refractivity contribution in [2.45, 2.75) is 13.3 Å². The molecule has 2 unspecified atom stereocenters. The average molecular weight is 243 g/mol. The van der Waals surface area contributed by atoms with Gasteiger partial charge in [-0.15, -0.1) is 0 Å². The van der Waals surface area contributed by atoms with Gasteiger partial charge < -0.3 is 5.32 Å². The Labute approximate surface area is 97.2 Å². The van der Waals surface area contributed by atoms with Gasteiger partial charge in [-0.25, -0.2) is 9.97 Å². The summed E-state index contributed by atoms with van der Waals surface area (Å²) in [6, 6.07) is 0. The highest BCUT2D eigenvalue weighted by molar-refractivity contribution is 6.31. The molecule has 1 fully saturated rings. The summed E-state index contributed by atoms with van der Waals surface area (Å²) >= 11 is 5.65. The number of nitrogens with one attached hydrogen (secondary N) is 1. The van der Waals surface area contributed by atoms with Crippen molar-refractivity contribution in [2.24, 2.45) is 11.8 Å². The molecule has 0 radical (unpaired) electrons. The number of nitro groups is 1. The second-order valence-electron chi connectivity index (χ2n) is 3.97. The summed E-state index contributed by atoms with van der Waals surface area (Å²) in [4.78, 5) is 17.6.